The van der Waals surface area contributed by atoms with Crippen LogP contribution in [-0.4, -0.2) is 22.5 Å². The number of amides is 2. The zero-order chi connectivity index (χ0) is 12.9. The van der Waals surface area contributed by atoms with E-state index < -0.39 is 6.03 Å². The van der Waals surface area contributed by atoms with E-state index in [9.17, 15) is 4.79 Å². The number of urea groups is 1. The molecule has 0 unspecified atom stereocenters. The van der Waals surface area contributed by atoms with Gasteiger partial charge in [-0.2, -0.15) is 0 Å². The number of anilines is 1. The average Bonchev–Trinajstić information content (AvgIpc) is 2.15. The Kier molecular flexibility index (Phi) is 4.03. The second-order valence-electron chi connectivity index (χ2n) is 4.57. The first-order chi connectivity index (χ1) is 7.87. The number of rotatable bonds is 1. The smallest absolute Gasteiger partial charge is 0.321 e. The number of guanidine groups is 1. The summed E-state index contributed by atoms with van der Waals surface area (Å²) in [4.78, 5) is 15.3. The molecule has 17 heavy (non-hydrogen) atoms. The van der Waals surface area contributed by atoms with Crippen LogP contribution >= 0.6 is 0 Å². The van der Waals surface area contributed by atoms with Gasteiger partial charge in [0.2, 0.25) is 5.96 Å². The minimum absolute atomic E-state index is 0.0852. The highest BCUT2D eigenvalue weighted by Crippen LogP contribution is 2.02. The van der Waals surface area contributed by atoms with Crippen molar-refractivity contribution in [2.24, 2.45) is 0 Å². The van der Waals surface area contributed by atoms with E-state index in [1.54, 1.807) is 24.5 Å². The second kappa shape index (κ2) is 5.29. The number of hydrogen-bond acceptors (Lipinski definition) is 3. The van der Waals surface area contributed by atoms with Gasteiger partial charge in [0.05, 0.1) is 0 Å². The first-order valence-corrected chi connectivity index (χ1v) is 5.21. The van der Waals surface area contributed by atoms with Crippen molar-refractivity contribution in [1.82, 2.24) is 15.6 Å². The van der Waals surface area contributed by atoms with Gasteiger partial charge in [0, 0.05) is 23.6 Å². The molecule has 0 saturated carbocycles. The van der Waals surface area contributed by atoms with Crippen LogP contribution in [0.2, 0.25) is 0 Å². The highest BCUT2D eigenvalue weighted by atomic mass is 16.2. The first kappa shape index (κ1) is 13.0. The van der Waals surface area contributed by atoms with Gasteiger partial charge in [0.25, 0.3) is 0 Å². The predicted octanol–water partition coefficient (Wildman–Crippen LogP) is 1.53. The van der Waals surface area contributed by atoms with Crippen LogP contribution in [0.15, 0.2) is 24.5 Å². The zero-order valence-corrected chi connectivity index (χ0v) is 10.2. The molecule has 0 saturated heterocycles. The molecule has 92 valence electrons. The molecule has 1 aromatic heterocycles. The van der Waals surface area contributed by atoms with Gasteiger partial charge in [0.15, 0.2) is 0 Å². The molecule has 0 aromatic carbocycles. The van der Waals surface area contributed by atoms with E-state index in [1.165, 1.54) is 0 Å². The lowest BCUT2D eigenvalue weighted by Gasteiger charge is -2.21. The van der Waals surface area contributed by atoms with Crippen LogP contribution in [0.4, 0.5) is 10.5 Å². The van der Waals surface area contributed by atoms with Crippen molar-refractivity contribution in [2.75, 3.05) is 5.32 Å². The Bertz CT molecular complexity index is 396. The van der Waals surface area contributed by atoms with Crippen LogP contribution in [0.5, 0.6) is 0 Å². The zero-order valence-electron chi connectivity index (χ0n) is 10.2. The Morgan fingerprint density at radius 3 is 2.41 bits per heavy atom. The summed E-state index contributed by atoms with van der Waals surface area (Å²) >= 11 is 0. The standard InChI is InChI=1S/C11H17N5O/c1-11(2,3)16-10(17)15-9(12)14-8-4-6-13-7-5-8/h4-7H,1-3H3,(H4,12,13,14,15,16,17). The summed E-state index contributed by atoms with van der Waals surface area (Å²) in [6.07, 6.45) is 3.20. The largest absolute Gasteiger partial charge is 0.333 e. The van der Waals surface area contributed by atoms with E-state index in [-0.39, 0.29) is 11.5 Å². The fourth-order valence-electron chi connectivity index (χ4n) is 1.10. The molecule has 6 heteroatoms. The van der Waals surface area contributed by atoms with E-state index in [1.807, 2.05) is 20.8 Å². The number of hydrogen-bond donors (Lipinski definition) is 4. The van der Waals surface area contributed by atoms with E-state index >= 15 is 0 Å². The number of carbonyl (C=O) groups is 1. The fraction of sp³-hybridized carbons (Fsp3) is 0.364. The molecule has 0 atom stereocenters. The second-order valence-corrected chi connectivity index (χ2v) is 4.57. The fourth-order valence-corrected chi connectivity index (χ4v) is 1.10. The van der Waals surface area contributed by atoms with Crippen LogP contribution in [-0.2, 0) is 0 Å². The number of pyridine rings is 1. The van der Waals surface area contributed by atoms with Gasteiger partial charge >= 0.3 is 6.03 Å². The molecule has 0 fully saturated rings. The summed E-state index contributed by atoms with van der Waals surface area (Å²) in [6.45, 7) is 5.60. The number of carbonyl (C=O) groups excluding carboxylic acids is 1. The summed E-state index contributed by atoms with van der Waals surface area (Å²) in [5.74, 6) is -0.0852. The molecule has 4 N–H and O–H groups in total. The lowest BCUT2D eigenvalue weighted by Crippen LogP contribution is -2.49. The van der Waals surface area contributed by atoms with Crippen molar-refractivity contribution >= 4 is 17.7 Å². The molecule has 1 aromatic rings. The van der Waals surface area contributed by atoms with Crippen molar-refractivity contribution in [3.05, 3.63) is 24.5 Å². The Hall–Kier alpha value is -2.11. The molecule has 0 radical (unpaired) electrons. The van der Waals surface area contributed by atoms with Gasteiger partial charge in [0.1, 0.15) is 0 Å². The molecule has 2 amide bonds. The highest BCUT2D eigenvalue weighted by molar-refractivity contribution is 6.01. The van der Waals surface area contributed by atoms with Crippen LogP contribution in [0.25, 0.3) is 0 Å². The van der Waals surface area contributed by atoms with Gasteiger partial charge in [-0.05, 0) is 32.9 Å². The lowest BCUT2D eigenvalue weighted by molar-refractivity contribution is 0.236. The summed E-state index contributed by atoms with van der Waals surface area (Å²) in [6, 6.07) is 3.00. The van der Waals surface area contributed by atoms with Gasteiger partial charge in [-0.3, -0.25) is 15.7 Å². The summed E-state index contributed by atoms with van der Waals surface area (Å²) in [7, 11) is 0. The van der Waals surface area contributed by atoms with Gasteiger partial charge in [-0.15, -0.1) is 0 Å². The number of nitrogens with one attached hydrogen (secondary N) is 4. The average molecular weight is 235 g/mol. The third-order valence-corrected chi connectivity index (χ3v) is 1.68. The van der Waals surface area contributed by atoms with Crippen molar-refractivity contribution in [3.63, 3.8) is 0 Å². The van der Waals surface area contributed by atoms with E-state index in [0.29, 0.717) is 5.69 Å². The molecule has 6 nitrogen and oxygen atoms in total. The van der Waals surface area contributed by atoms with Gasteiger partial charge in [-0.25, -0.2) is 4.79 Å². The molecule has 0 spiro atoms. The Morgan fingerprint density at radius 2 is 1.88 bits per heavy atom. The van der Waals surface area contributed by atoms with Crippen LogP contribution in [0, 0.1) is 5.41 Å². The molecule has 0 aliphatic heterocycles. The molecular weight excluding hydrogens is 218 g/mol. The Balaban J connectivity index is 2.43. The maximum Gasteiger partial charge on any atom is 0.321 e. The van der Waals surface area contributed by atoms with Crippen molar-refractivity contribution < 1.29 is 4.79 Å². The normalized spacial score (nSPS) is 10.5. The third-order valence-electron chi connectivity index (χ3n) is 1.68. The van der Waals surface area contributed by atoms with Gasteiger partial charge < -0.3 is 10.6 Å². The minimum Gasteiger partial charge on any atom is -0.333 e. The maximum atomic E-state index is 11.4. The summed E-state index contributed by atoms with van der Waals surface area (Å²) in [5.41, 5.74) is 0.363. The predicted molar refractivity (Wildman–Crippen MR) is 67.0 cm³/mol. The summed E-state index contributed by atoms with van der Waals surface area (Å²) in [5, 5.41) is 15.4. The number of aromatic nitrogens is 1. The molecule has 0 bridgehead atoms. The van der Waals surface area contributed by atoms with Crippen molar-refractivity contribution in [2.45, 2.75) is 26.3 Å². The molecular formula is C11H17N5O. The molecule has 1 rings (SSSR count). The van der Waals surface area contributed by atoms with Crippen molar-refractivity contribution in [1.29, 1.82) is 5.41 Å². The van der Waals surface area contributed by atoms with Crippen LogP contribution in [0.3, 0.4) is 0 Å². The summed E-state index contributed by atoms with van der Waals surface area (Å²) < 4.78 is 0. The molecule has 1 heterocycles. The minimum atomic E-state index is -0.413. The SMILES string of the molecule is CC(C)(C)NC(=O)NC(=N)Nc1ccncc1. The van der Waals surface area contributed by atoms with Gasteiger partial charge in [-0.1, -0.05) is 0 Å². The molecule has 0 aliphatic carbocycles. The lowest BCUT2D eigenvalue weighted by atomic mass is 10.1. The number of nitrogens with zero attached hydrogens (tertiary/aromatic N) is 1. The highest BCUT2D eigenvalue weighted by Gasteiger charge is 2.14. The molecule has 0 aliphatic rings. The Morgan fingerprint density at radius 1 is 1.29 bits per heavy atom. The third kappa shape index (κ3) is 5.50. The maximum absolute atomic E-state index is 11.4. The monoisotopic (exact) mass is 235 g/mol. The van der Waals surface area contributed by atoms with E-state index in [4.69, 9.17) is 5.41 Å². The van der Waals surface area contributed by atoms with Crippen LogP contribution in [0.1, 0.15) is 20.8 Å². The first-order valence-electron chi connectivity index (χ1n) is 5.21. The Labute approximate surface area is 100 Å². The topological polar surface area (TPSA) is 89.9 Å². The van der Waals surface area contributed by atoms with E-state index in [0.717, 1.165) is 0 Å². The van der Waals surface area contributed by atoms with Crippen molar-refractivity contribution in [3.8, 4) is 0 Å². The van der Waals surface area contributed by atoms with E-state index in [2.05, 4.69) is 20.9 Å². The van der Waals surface area contributed by atoms with Crippen LogP contribution < -0.4 is 16.0 Å². The quantitative estimate of drug-likeness (QED) is 0.439.